The summed E-state index contributed by atoms with van der Waals surface area (Å²) in [5.74, 6) is 0.808. The number of nitrogens with two attached hydrogens (primary N) is 1. The number of hydrogen-bond donors (Lipinski definition) is 3. The Hall–Kier alpha value is -1.79. The van der Waals surface area contributed by atoms with E-state index in [1.54, 1.807) is 7.11 Å². The highest BCUT2D eigenvalue weighted by Gasteiger charge is 2.33. The average Bonchev–Trinajstić information content (AvgIpc) is 2.77. The van der Waals surface area contributed by atoms with E-state index in [4.69, 9.17) is 20.3 Å². The number of hydrogen-bond acceptors (Lipinski definition) is 4. The minimum absolute atomic E-state index is 0.0102. The molecule has 110 valence electrons. The van der Waals surface area contributed by atoms with E-state index in [2.05, 4.69) is 5.32 Å². The summed E-state index contributed by atoms with van der Waals surface area (Å²) in [4.78, 5) is 10.6. The van der Waals surface area contributed by atoms with Crippen molar-refractivity contribution in [3.63, 3.8) is 0 Å². The van der Waals surface area contributed by atoms with Crippen LogP contribution < -0.4 is 15.8 Å². The molecular weight excluding hydrogens is 260 g/mol. The van der Waals surface area contributed by atoms with Crippen LogP contribution in [0.25, 0.3) is 0 Å². The molecule has 0 saturated heterocycles. The van der Waals surface area contributed by atoms with Crippen LogP contribution in [0.1, 0.15) is 18.4 Å². The Morgan fingerprint density at radius 3 is 2.70 bits per heavy atom. The monoisotopic (exact) mass is 280 g/mol. The molecule has 1 aliphatic rings. The number of methoxy groups -OCH3 is 1. The molecule has 3 unspecified atom stereocenters. The molecule has 6 heteroatoms. The lowest BCUT2D eigenvalue weighted by molar-refractivity contribution is 0.0435. The topological polar surface area (TPSA) is 93.8 Å². The first kappa shape index (κ1) is 14.6. The largest absolute Gasteiger partial charge is 0.497 e. The number of ether oxygens (including phenoxy) is 2. The molecule has 1 aromatic carbocycles. The first-order valence-electron chi connectivity index (χ1n) is 6.58. The quantitative estimate of drug-likeness (QED) is 0.756. The number of carboxylic acid groups (broad SMARTS) is 1. The van der Waals surface area contributed by atoms with Crippen molar-refractivity contribution in [2.45, 2.75) is 37.6 Å². The normalized spacial score (nSPS) is 25.4. The van der Waals surface area contributed by atoms with Gasteiger partial charge in [0.05, 0.1) is 19.8 Å². The molecule has 2 rings (SSSR count). The molecule has 0 aliphatic heterocycles. The summed E-state index contributed by atoms with van der Waals surface area (Å²) in [7, 11) is 1.63. The third-order valence-electron chi connectivity index (χ3n) is 3.52. The highest BCUT2D eigenvalue weighted by atomic mass is 16.5. The molecule has 1 fully saturated rings. The van der Waals surface area contributed by atoms with Gasteiger partial charge in [-0.3, -0.25) is 0 Å². The van der Waals surface area contributed by atoms with E-state index in [1.807, 2.05) is 24.3 Å². The molecule has 1 amide bonds. The van der Waals surface area contributed by atoms with Crippen LogP contribution in [-0.4, -0.2) is 36.5 Å². The Balaban J connectivity index is 1.81. The predicted molar refractivity (Wildman–Crippen MR) is 73.7 cm³/mol. The highest BCUT2D eigenvalue weighted by Crippen LogP contribution is 2.23. The van der Waals surface area contributed by atoms with Crippen LogP contribution in [0.3, 0.4) is 0 Å². The van der Waals surface area contributed by atoms with Crippen LogP contribution in [0, 0.1) is 0 Å². The third-order valence-corrected chi connectivity index (χ3v) is 3.52. The lowest BCUT2D eigenvalue weighted by Crippen LogP contribution is -2.43. The molecule has 6 nitrogen and oxygen atoms in total. The van der Waals surface area contributed by atoms with Crippen molar-refractivity contribution in [3.05, 3.63) is 29.8 Å². The fourth-order valence-corrected chi connectivity index (χ4v) is 2.42. The molecule has 0 bridgehead atoms. The zero-order valence-electron chi connectivity index (χ0n) is 11.4. The van der Waals surface area contributed by atoms with Gasteiger partial charge in [0, 0.05) is 12.1 Å². The van der Waals surface area contributed by atoms with E-state index in [9.17, 15) is 4.79 Å². The Bertz CT molecular complexity index is 449. The van der Waals surface area contributed by atoms with Gasteiger partial charge in [-0.25, -0.2) is 4.79 Å². The fraction of sp³-hybridized carbons (Fsp3) is 0.500. The molecule has 20 heavy (non-hydrogen) atoms. The van der Waals surface area contributed by atoms with Gasteiger partial charge in [0.15, 0.2) is 0 Å². The summed E-state index contributed by atoms with van der Waals surface area (Å²) in [5, 5.41) is 11.1. The van der Waals surface area contributed by atoms with Crippen molar-refractivity contribution in [1.82, 2.24) is 5.32 Å². The molecule has 3 atom stereocenters. The third kappa shape index (κ3) is 3.85. The minimum atomic E-state index is -1.04. The number of carbonyl (C=O) groups is 1. The summed E-state index contributed by atoms with van der Waals surface area (Å²) in [6.45, 7) is 0.487. The summed E-state index contributed by atoms with van der Waals surface area (Å²) in [5.41, 5.74) is 6.95. The standard InChI is InChI=1S/C14H20N2O4/c1-19-10-4-2-9(3-5-10)8-20-11-6-12(15)13(7-11)16-14(17)18/h2-5,11-13,16H,6-8,15H2,1H3,(H,17,18). The van der Waals surface area contributed by atoms with Gasteiger partial charge >= 0.3 is 6.09 Å². The van der Waals surface area contributed by atoms with Gasteiger partial charge in [-0.1, -0.05) is 12.1 Å². The molecule has 1 aromatic rings. The van der Waals surface area contributed by atoms with Crippen LogP contribution in [-0.2, 0) is 11.3 Å². The second kappa shape index (κ2) is 6.58. The number of rotatable bonds is 5. The SMILES string of the molecule is COc1ccc(COC2CC(N)C(NC(=O)O)C2)cc1. The van der Waals surface area contributed by atoms with Gasteiger partial charge in [-0.15, -0.1) is 0 Å². The van der Waals surface area contributed by atoms with Crippen LogP contribution in [0.5, 0.6) is 5.75 Å². The van der Waals surface area contributed by atoms with Gasteiger partial charge < -0.3 is 25.6 Å². The summed E-state index contributed by atoms with van der Waals surface area (Å²) in [6, 6.07) is 7.24. The minimum Gasteiger partial charge on any atom is -0.497 e. The second-order valence-electron chi connectivity index (χ2n) is 4.97. The summed E-state index contributed by atoms with van der Waals surface area (Å²) in [6.07, 6.45) is 0.232. The van der Waals surface area contributed by atoms with Crippen LogP contribution in [0.2, 0.25) is 0 Å². The zero-order valence-corrected chi connectivity index (χ0v) is 11.4. The summed E-state index contributed by atoms with van der Waals surface area (Å²) < 4.78 is 10.9. The van der Waals surface area contributed by atoms with Crippen molar-refractivity contribution in [2.75, 3.05) is 7.11 Å². The van der Waals surface area contributed by atoms with E-state index in [1.165, 1.54) is 0 Å². The molecular formula is C14H20N2O4. The first-order chi connectivity index (χ1) is 9.58. The van der Waals surface area contributed by atoms with Crippen LogP contribution >= 0.6 is 0 Å². The van der Waals surface area contributed by atoms with Crippen molar-refractivity contribution < 1.29 is 19.4 Å². The van der Waals surface area contributed by atoms with Gasteiger partial charge in [0.1, 0.15) is 5.75 Å². The van der Waals surface area contributed by atoms with Crippen LogP contribution in [0.4, 0.5) is 4.79 Å². The first-order valence-corrected chi connectivity index (χ1v) is 6.58. The van der Waals surface area contributed by atoms with E-state index in [0.29, 0.717) is 19.4 Å². The molecule has 0 radical (unpaired) electrons. The Kier molecular flexibility index (Phi) is 4.81. The molecule has 1 saturated carbocycles. The Morgan fingerprint density at radius 1 is 1.40 bits per heavy atom. The maximum absolute atomic E-state index is 10.6. The van der Waals surface area contributed by atoms with E-state index in [-0.39, 0.29) is 18.2 Å². The number of amides is 1. The maximum atomic E-state index is 10.6. The molecule has 0 heterocycles. The van der Waals surface area contributed by atoms with Crippen molar-refractivity contribution in [2.24, 2.45) is 5.73 Å². The molecule has 1 aliphatic carbocycles. The molecule has 0 spiro atoms. The number of benzene rings is 1. The van der Waals surface area contributed by atoms with E-state index >= 15 is 0 Å². The molecule has 4 N–H and O–H groups in total. The van der Waals surface area contributed by atoms with Crippen molar-refractivity contribution >= 4 is 6.09 Å². The maximum Gasteiger partial charge on any atom is 0.404 e. The fourth-order valence-electron chi connectivity index (χ4n) is 2.42. The van der Waals surface area contributed by atoms with Crippen LogP contribution in [0.15, 0.2) is 24.3 Å². The Morgan fingerprint density at radius 2 is 2.10 bits per heavy atom. The molecule has 0 aromatic heterocycles. The highest BCUT2D eigenvalue weighted by molar-refractivity contribution is 5.65. The van der Waals surface area contributed by atoms with Gasteiger partial charge in [-0.2, -0.15) is 0 Å². The van der Waals surface area contributed by atoms with Gasteiger partial charge in [0.25, 0.3) is 0 Å². The zero-order chi connectivity index (χ0) is 14.5. The van der Waals surface area contributed by atoms with E-state index in [0.717, 1.165) is 11.3 Å². The van der Waals surface area contributed by atoms with Crippen molar-refractivity contribution in [3.8, 4) is 5.75 Å². The number of nitrogens with one attached hydrogen (secondary N) is 1. The lowest BCUT2D eigenvalue weighted by Gasteiger charge is -2.14. The predicted octanol–water partition coefficient (Wildman–Crippen LogP) is 1.34. The lowest BCUT2D eigenvalue weighted by atomic mass is 10.2. The van der Waals surface area contributed by atoms with Crippen molar-refractivity contribution in [1.29, 1.82) is 0 Å². The van der Waals surface area contributed by atoms with Gasteiger partial charge in [0.2, 0.25) is 0 Å². The Labute approximate surface area is 117 Å². The second-order valence-corrected chi connectivity index (χ2v) is 4.97. The smallest absolute Gasteiger partial charge is 0.404 e. The average molecular weight is 280 g/mol. The van der Waals surface area contributed by atoms with E-state index < -0.39 is 6.09 Å². The summed E-state index contributed by atoms with van der Waals surface area (Å²) >= 11 is 0. The van der Waals surface area contributed by atoms with Gasteiger partial charge in [-0.05, 0) is 30.5 Å².